The Labute approximate surface area is 121 Å². The molecule has 0 bridgehead atoms. The van der Waals surface area contributed by atoms with Gasteiger partial charge < -0.3 is 15.4 Å². The Balaban J connectivity index is 1.87. The van der Waals surface area contributed by atoms with E-state index in [-0.39, 0.29) is 17.7 Å². The number of hydrogen-bond acceptors (Lipinski definition) is 4. The number of aromatic nitrogens is 2. The number of nitrogens with one attached hydrogen (secondary N) is 2. The highest BCUT2D eigenvalue weighted by molar-refractivity contribution is 6.31. The molecule has 106 valence electrons. The molecule has 0 spiro atoms. The Morgan fingerprint density at radius 3 is 2.90 bits per heavy atom. The lowest BCUT2D eigenvalue weighted by atomic mass is 9.77. The molecule has 0 atom stereocenters. The quantitative estimate of drug-likeness (QED) is 0.800. The number of rotatable bonds is 4. The molecule has 1 fully saturated rings. The van der Waals surface area contributed by atoms with Crippen molar-refractivity contribution in [2.45, 2.75) is 31.3 Å². The van der Waals surface area contributed by atoms with Crippen molar-refractivity contribution in [2.75, 3.05) is 6.61 Å². The highest BCUT2D eigenvalue weighted by Crippen LogP contribution is 2.31. The van der Waals surface area contributed by atoms with E-state index in [1.54, 1.807) is 18.2 Å². The molecule has 2 aromatic rings. The fourth-order valence-electron chi connectivity index (χ4n) is 2.51. The number of H-pyrrole nitrogens is 1. The molecule has 0 aliphatic heterocycles. The Morgan fingerprint density at radius 1 is 1.45 bits per heavy atom. The van der Waals surface area contributed by atoms with Crippen molar-refractivity contribution in [1.29, 1.82) is 0 Å². The lowest BCUT2D eigenvalue weighted by molar-refractivity contribution is 0.0865. The van der Waals surface area contributed by atoms with Crippen molar-refractivity contribution in [1.82, 2.24) is 15.3 Å². The second kappa shape index (κ2) is 5.16. The first-order chi connectivity index (χ1) is 9.62. The molecule has 0 radical (unpaired) electrons. The SMILES string of the molecule is O=c1[nH]c(CNC2(CO)CCC2)nc2cc(Cl)ccc12. The second-order valence-electron chi connectivity index (χ2n) is 5.32. The van der Waals surface area contributed by atoms with Crippen LogP contribution in [0.1, 0.15) is 25.1 Å². The summed E-state index contributed by atoms with van der Waals surface area (Å²) in [6.45, 7) is 0.537. The summed E-state index contributed by atoms with van der Waals surface area (Å²) in [6, 6.07) is 5.02. The minimum Gasteiger partial charge on any atom is -0.394 e. The lowest BCUT2D eigenvalue weighted by Gasteiger charge is -2.41. The summed E-state index contributed by atoms with van der Waals surface area (Å²) in [4.78, 5) is 19.1. The van der Waals surface area contributed by atoms with Crippen LogP contribution in [0.4, 0.5) is 0 Å². The number of aliphatic hydroxyl groups excluding tert-OH is 1. The van der Waals surface area contributed by atoms with Crippen LogP contribution in [0.2, 0.25) is 5.02 Å². The van der Waals surface area contributed by atoms with E-state index in [1.807, 2.05) is 0 Å². The summed E-state index contributed by atoms with van der Waals surface area (Å²) in [5, 5.41) is 13.8. The summed E-state index contributed by atoms with van der Waals surface area (Å²) in [6.07, 6.45) is 3.02. The van der Waals surface area contributed by atoms with Crippen LogP contribution in [0.15, 0.2) is 23.0 Å². The number of nitrogens with zero attached hydrogens (tertiary/aromatic N) is 1. The van der Waals surface area contributed by atoms with Crippen LogP contribution in [0.3, 0.4) is 0 Å². The van der Waals surface area contributed by atoms with Gasteiger partial charge in [0.15, 0.2) is 0 Å². The molecule has 5 nitrogen and oxygen atoms in total. The normalized spacial score (nSPS) is 17.1. The molecule has 0 amide bonds. The van der Waals surface area contributed by atoms with Gasteiger partial charge in [0.05, 0.1) is 24.1 Å². The minimum atomic E-state index is -0.206. The summed E-state index contributed by atoms with van der Waals surface area (Å²) < 4.78 is 0. The molecule has 6 heteroatoms. The monoisotopic (exact) mass is 293 g/mol. The standard InChI is InChI=1S/C14H16ClN3O2/c15-9-2-3-10-11(6-9)17-12(18-13(10)20)7-16-14(8-19)4-1-5-14/h2-3,6,16,19H,1,4-5,7-8H2,(H,17,18,20). The average molecular weight is 294 g/mol. The van der Waals surface area contributed by atoms with Crippen molar-refractivity contribution in [3.05, 3.63) is 39.4 Å². The summed E-state index contributed by atoms with van der Waals surface area (Å²) in [5.74, 6) is 0.560. The minimum absolute atomic E-state index is 0.108. The van der Waals surface area contributed by atoms with Gasteiger partial charge in [-0.2, -0.15) is 0 Å². The molecule has 1 saturated carbocycles. The molecule has 3 N–H and O–H groups in total. The molecule has 0 unspecified atom stereocenters. The maximum absolute atomic E-state index is 12.0. The van der Waals surface area contributed by atoms with Crippen LogP contribution in [-0.2, 0) is 6.54 Å². The van der Waals surface area contributed by atoms with Crippen LogP contribution in [0, 0.1) is 0 Å². The van der Waals surface area contributed by atoms with Gasteiger partial charge in [0.2, 0.25) is 0 Å². The highest BCUT2D eigenvalue weighted by Gasteiger charge is 2.35. The average Bonchev–Trinajstić information content (AvgIpc) is 2.37. The predicted octanol–water partition coefficient (Wildman–Crippen LogP) is 1.58. The maximum atomic E-state index is 12.0. The third kappa shape index (κ3) is 2.44. The first kappa shape index (κ1) is 13.5. The zero-order chi connectivity index (χ0) is 14.2. The van der Waals surface area contributed by atoms with Crippen molar-refractivity contribution < 1.29 is 5.11 Å². The Bertz CT molecular complexity index is 689. The fourth-order valence-corrected chi connectivity index (χ4v) is 2.68. The van der Waals surface area contributed by atoms with Gasteiger partial charge in [-0.3, -0.25) is 4.79 Å². The molecule has 1 aliphatic carbocycles. The number of fused-ring (bicyclic) bond motifs is 1. The topological polar surface area (TPSA) is 78.0 Å². The van der Waals surface area contributed by atoms with E-state index in [0.29, 0.717) is 28.3 Å². The summed E-state index contributed by atoms with van der Waals surface area (Å²) in [5.41, 5.74) is 0.210. The number of halogens is 1. The number of aromatic amines is 1. The largest absolute Gasteiger partial charge is 0.394 e. The molecule has 1 aromatic heterocycles. The van der Waals surface area contributed by atoms with Gasteiger partial charge in [0, 0.05) is 10.6 Å². The lowest BCUT2D eigenvalue weighted by Crippen LogP contribution is -2.53. The summed E-state index contributed by atoms with van der Waals surface area (Å²) in [7, 11) is 0. The zero-order valence-electron chi connectivity index (χ0n) is 10.9. The van der Waals surface area contributed by atoms with Gasteiger partial charge >= 0.3 is 0 Å². The van der Waals surface area contributed by atoms with Gasteiger partial charge in [-0.05, 0) is 37.5 Å². The third-order valence-electron chi connectivity index (χ3n) is 3.96. The third-order valence-corrected chi connectivity index (χ3v) is 4.20. The van der Waals surface area contributed by atoms with Crippen molar-refractivity contribution >= 4 is 22.5 Å². The van der Waals surface area contributed by atoms with Gasteiger partial charge in [0.25, 0.3) is 5.56 Å². The van der Waals surface area contributed by atoms with Crippen LogP contribution < -0.4 is 10.9 Å². The van der Waals surface area contributed by atoms with Crippen LogP contribution in [0.25, 0.3) is 10.9 Å². The Kier molecular flexibility index (Phi) is 3.50. The Hall–Kier alpha value is -1.43. The molecule has 20 heavy (non-hydrogen) atoms. The number of aliphatic hydroxyl groups is 1. The van der Waals surface area contributed by atoms with Gasteiger partial charge in [-0.25, -0.2) is 4.98 Å². The van der Waals surface area contributed by atoms with E-state index in [2.05, 4.69) is 15.3 Å². The Morgan fingerprint density at radius 2 is 2.25 bits per heavy atom. The van der Waals surface area contributed by atoms with E-state index in [9.17, 15) is 9.90 Å². The van der Waals surface area contributed by atoms with E-state index in [1.165, 1.54) is 0 Å². The van der Waals surface area contributed by atoms with Crippen molar-refractivity contribution in [2.24, 2.45) is 0 Å². The van der Waals surface area contributed by atoms with Gasteiger partial charge in [-0.15, -0.1) is 0 Å². The van der Waals surface area contributed by atoms with Crippen LogP contribution in [0.5, 0.6) is 0 Å². The first-order valence-corrected chi connectivity index (χ1v) is 7.04. The second-order valence-corrected chi connectivity index (χ2v) is 5.76. The maximum Gasteiger partial charge on any atom is 0.258 e. The molecule has 3 rings (SSSR count). The van der Waals surface area contributed by atoms with Crippen molar-refractivity contribution in [3.63, 3.8) is 0 Å². The van der Waals surface area contributed by atoms with E-state index < -0.39 is 0 Å². The molecular weight excluding hydrogens is 278 g/mol. The number of benzene rings is 1. The van der Waals surface area contributed by atoms with Crippen molar-refractivity contribution in [3.8, 4) is 0 Å². The first-order valence-electron chi connectivity index (χ1n) is 6.66. The molecule has 1 heterocycles. The smallest absolute Gasteiger partial charge is 0.258 e. The van der Waals surface area contributed by atoms with Crippen LogP contribution in [-0.4, -0.2) is 27.2 Å². The summed E-state index contributed by atoms with van der Waals surface area (Å²) >= 11 is 5.93. The molecular formula is C14H16ClN3O2. The van der Waals surface area contributed by atoms with Gasteiger partial charge in [-0.1, -0.05) is 11.6 Å². The van der Waals surface area contributed by atoms with E-state index in [0.717, 1.165) is 19.3 Å². The van der Waals surface area contributed by atoms with E-state index in [4.69, 9.17) is 11.6 Å². The zero-order valence-corrected chi connectivity index (χ0v) is 11.7. The molecule has 0 saturated heterocycles. The van der Waals surface area contributed by atoms with Gasteiger partial charge in [0.1, 0.15) is 5.82 Å². The highest BCUT2D eigenvalue weighted by atomic mass is 35.5. The van der Waals surface area contributed by atoms with E-state index >= 15 is 0 Å². The molecule has 1 aromatic carbocycles. The number of hydrogen-bond donors (Lipinski definition) is 3. The molecule has 1 aliphatic rings. The predicted molar refractivity (Wildman–Crippen MR) is 77.9 cm³/mol. The fraction of sp³-hybridized carbons (Fsp3) is 0.429. The van der Waals surface area contributed by atoms with Crippen LogP contribution >= 0.6 is 11.6 Å².